The second kappa shape index (κ2) is 6.86. The van der Waals surface area contributed by atoms with Gasteiger partial charge < -0.3 is 14.9 Å². The molecule has 0 radical (unpaired) electrons. The molecule has 0 bridgehead atoms. The number of ether oxygens (including phenoxy) is 1. The van der Waals surface area contributed by atoms with Crippen LogP contribution in [0.3, 0.4) is 0 Å². The summed E-state index contributed by atoms with van der Waals surface area (Å²) in [6.45, 7) is 6.59. The summed E-state index contributed by atoms with van der Waals surface area (Å²) in [7, 11) is 0. The van der Waals surface area contributed by atoms with Crippen molar-refractivity contribution in [3.63, 3.8) is 0 Å². The molecule has 4 unspecified atom stereocenters. The molecule has 8 atom stereocenters. The molecule has 3 fully saturated rings. The van der Waals surface area contributed by atoms with Gasteiger partial charge in [0.15, 0.2) is 11.6 Å². The van der Waals surface area contributed by atoms with Crippen LogP contribution in [0, 0.1) is 34.5 Å². The first-order valence-electron chi connectivity index (χ1n) is 11.0. The molecule has 0 aliphatic heterocycles. The van der Waals surface area contributed by atoms with Crippen molar-refractivity contribution in [1.82, 2.24) is 0 Å². The molecule has 0 heterocycles. The minimum Gasteiger partial charge on any atom is -0.462 e. The van der Waals surface area contributed by atoms with Gasteiger partial charge >= 0.3 is 5.97 Å². The molecule has 0 spiro atoms. The van der Waals surface area contributed by atoms with Crippen molar-refractivity contribution in [2.75, 3.05) is 6.61 Å². The van der Waals surface area contributed by atoms with Crippen LogP contribution in [0.5, 0.6) is 0 Å². The smallest absolute Gasteiger partial charge is 0.302 e. The number of esters is 1. The van der Waals surface area contributed by atoms with Crippen molar-refractivity contribution in [1.29, 1.82) is 0 Å². The third-order valence-electron chi connectivity index (χ3n) is 8.94. The summed E-state index contributed by atoms with van der Waals surface area (Å²) in [5, 5.41) is 21.2. The van der Waals surface area contributed by atoms with Crippen molar-refractivity contribution >= 4 is 17.5 Å². The summed E-state index contributed by atoms with van der Waals surface area (Å²) < 4.78 is 5.85. The van der Waals surface area contributed by atoms with Gasteiger partial charge in [-0.2, -0.15) is 0 Å². The predicted octanol–water partition coefficient (Wildman–Crippen LogP) is 2.37. The Morgan fingerprint density at radius 2 is 2.00 bits per heavy atom. The molecular formula is C24H32O6. The van der Waals surface area contributed by atoms with Crippen molar-refractivity contribution < 1.29 is 29.3 Å². The van der Waals surface area contributed by atoms with Crippen LogP contribution >= 0.6 is 0 Å². The number of rotatable bonds is 3. The van der Waals surface area contributed by atoms with Gasteiger partial charge in [-0.25, -0.2) is 0 Å². The molecule has 4 aliphatic carbocycles. The SMILES string of the molecule is CC(=O)OC1C[C@@]2(C)C(C[C@@H](C)[C@]2(O)C(=O)CO)C2CCC3=CC(=O)C=C[C@]3(C)C12. The molecule has 3 saturated carbocycles. The van der Waals surface area contributed by atoms with Gasteiger partial charge in [-0.05, 0) is 55.6 Å². The molecule has 2 N–H and O–H groups in total. The number of allylic oxidation sites excluding steroid dienone is 4. The van der Waals surface area contributed by atoms with E-state index in [0.717, 1.165) is 18.4 Å². The zero-order valence-corrected chi connectivity index (χ0v) is 18.2. The van der Waals surface area contributed by atoms with Crippen LogP contribution in [0.2, 0.25) is 0 Å². The van der Waals surface area contributed by atoms with Gasteiger partial charge in [0.05, 0.1) is 0 Å². The van der Waals surface area contributed by atoms with Crippen LogP contribution < -0.4 is 0 Å². The van der Waals surface area contributed by atoms with Gasteiger partial charge in [0.25, 0.3) is 0 Å². The van der Waals surface area contributed by atoms with Crippen molar-refractivity contribution in [2.24, 2.45) is 34.5 Å². The lowest BCUT2D eigenvalue weighted by Gasteiger charge is -2.60. The van der Waals surface area contributed by atoms with Gasteiger partial charge in [0.1, 0.15) is 18.3 Å². The highest BCUT2D eigenvalue weighted by atomic mass is 16.5. The van der Waals surface area contributed by atoms with E-state index in [9.17, 15) is 24.6 Å². The van der Waals surface area contributed by atoms with E-state index in [0.29, 0.717) is 12.8 Å². The Morgan fingerprint density at radius 3 is 2.63 bits per heavy atom. The molecule has 4 aliphatic rings. The lowest BCUT2D eigenvalue weighted by atomic mass is 9.46. The van der Waals surface area contributed by atoms with Gasteiger partial charge in [-0.3, -0.25) is 14.4 Å². The Hall–Kier alpha value is -1.79. The quantitative estimate of drug-likeness (QED) is 0.685. The lowest BCUT2D eigenvalue weighted by molar-refractivity contribution is -0.194. The number of carbonyl (C=O) groups excluding carboxylic acids is 3. The fourth-order valence-electron chi connectivity index (χ4n) is 7.66. The molecule has 0 aromatic rings. The first-order chi connectivity index (χ1) is 14.0. The summed E-state index contributed by atoms with van der Waals surface area (Å²) in [6.07, 6.45) is 7.44. The van der Waals surface area contributed by atoms with E-state index in [1.54, 1.807) is 12.2 Å². The third-order valence-corrected chi connectivity index (χ3v) is 8.94. The lowest BCUT2D eigenvalue weighted by Crippen LogP contribution is -2.63. The minimum absolute atomic E-state index is 0.0111. The summed E-state index contributed by atoms with van der Waals surface area (Å²) in [5.41, 5.74) is -1.77. The molecule has 30 heavy (non-hydrogen) atoms. The molecular weight excluding hydrogens is 384 g/mol. The van der Waals surface area contributed by atoms with Crippen LogP contribution in [0.1, 0.15) is 53.4 Å². The monoisotopic (exact) mass is 416 g/mol. The number of hydrogen-bond donors (Lipinski definition) is 2. The Balaban J connectivity index is 1.83. The molecule has 6 nitrogen and oxygen atoms in total. The maximum absolute atomic E-state index is 12.8. The van der Waals surface area contributed by atoms with Crippen LogP contribution in [0.15, 0.2) is 23.8 Å². The van der Waals surface area contributed by atoms with E-state index in [2.05, 4.69) is 6.92 Å². The molecule has 6 heteroatoms. The highest BCUT2D eigenvalue weighted by molar-refractivity contribution is 6.01. The van der Waals surface area contributed by atoms with Crippen molar-refractivity contribution in [3.8, 4) is 0 Å². The molecule has 0 aromatic heterocycles. The highest BCUT2D eigenvalue weighted by Crippen LogP contribution is 2.68. The van der Waals surface area contributed by atoms with E-state index in [4.69, 9.17) is 4.74 Å². The second-order valence-electron chi connectivity index (χ2n) is 10.3. The number of aliphatic hydroxyl groups excluding tert-OH is 1. The fourth-order valence-corrected chi connectivity index (χ4v) is 7.66. The van der Waals surface area contributed by atoms with Crippen molar-refractivity contribution in [3.05, 3.63) is 23.8 Å². The summed E-state index contributed by atoms with van der Waals surface area (Å²) >= 11 is 0. The van der Waals surface area contributed by atoms with E-state index in [1.165, 1.54) is 6.92 Å². The predicted molar refractivity (Wildman–Crippen MR) is 109 cm³/mol. The van der Waals surface area contributed by atoms with Crippen LogP contribution in [-0.4, -0.2) is 46.1 Å². The zero-order chi connectivity index (χ0) is 22.1. The summed E-state index contributed by atoms with van der Waals surface area (Å²) in [6, 6.07) is 0. The van der Waals surface area contributed by atoms with Crippen LogP contribution in [-0.2, 0) is 19.1 Å². The number of ketones is 2. The van der Waals surface area contributed by atoms with Crippen LogP contribution in [0.4, 0.5) is 0 Å². The van der Waals surface area contributed by atoms with Crippen LogP contribution in [0.25, 0.3) is 0 Å². The maximum atomic E-state index is 12.8. The first kappa shape index (κ1) is 21.4. The van der Waals surface area contributed by atoms with E-state index in [-0.39, 0.29) is 35.4 Å². The zero-order valence-electron chi connectivity index (χ0n) is 18.2. The van der Waals surface area contributed by atoms with Crippen molar-refractivity contribution in [2.45, 2.75) is 65.1 Å². The largest absolute Gasteiger partial charge is 0.462 e. The topological polar surface area (TPSA) is 101 Å². The normalized spacial score (nSPS) is 47.1. The Labute approximate surface area is 177 Å². The van der Waals surface area contributed by atoms with E-state index in [1.807, 2.05) is 19.9 Å². The second-order valence-corrected chi connectivity index (χ2v) is 10.3. The summed E-state index contributed by atoms with van der Waals surface area (Å²) in [5.74, 6) is -1.07. The minimum atomic E-state index is -1.65. The van der Waals surface area contributed by atoms with Gasteiger partial charge in [-0.1, -0.05) is 32.4 Å². The van der Waals surface area contributed by atoms with Gasteiger partial charge in [0, 0.05) is 23.7 Å². The average Bonchev–Trinajstić information content (AvgIpc) is 2.88. The highest BCUT2D eigenvalue weighted by Gasteiger charge is 2.71. The molecule has 0 aromatic carbocycles. The Kier molecular flexibility index (Phi) is 4.90. The molecule has 0 saturated heterocycles. The number of fused-ring (bicyclic) bond motifs is 5. The van der Waals surface area contributed by atoms with E-state index < -0.39 is 34.9 Å². The van der Waals surface area contributed by atoms with Gasteiger partial charge in [-0.15, -0.1) is 0 Å². The third kappa shape index (κ3) is 2.65. The molecule has 164 valence electrons. The number of Topliss-reactive ketones (excluding diaryl/α,β-unsaturated/α-hetero) is 1. The number of carbonyl (C=O) groups is 3. The average molecular weight is 417 g/mol. The standard InChI is InChI=1S/C24H32O6/c1-13-9-18-17-6-5-15-10-16(27)7-8-22(15,3)21(17)19(30-14(2)26)11-23(18,4)24(13,29)20(28)12-25/h7-8,10,13,17-19,21,25,29H,5-6,9,11-12H2,1-4H3/t13-,17?,18?,19?,21?,22+,23+,24+/m1/s1. The number of hydrogen-bond acceptors (Lipinski definition) is 6. The Morgan fingerprint density at radius 1 is 1.30 bits per heavy atom. The maximum Gasteiger partial charge on any atom is 0.302 e. The summed E-state index contributed by atoms with van der Waals surface area (Å²) in [4.78, 5) is 36.8. The molecule has 0 amide bonds. The number of aliphatic hydroxyl groups is 2. The Bertz CT molecular complexity index is 858. The fraction of sp³-hybridized carbons (Fsp3) is 0.708. The van der Waals surface area contributed by atoms with Gasteiger partial charge in [0.2, 0.25) is 0 Å². The van der Waals surface area contributed by atoms with E-state index >= 15 is 0 Å². The first-order valence-corrected chi connectivity index (χ1v) is 11.0. The molecule has 4 rings (SSSR count).